The van der Waals surface area contributed by atoms with E-state index >= 15 is 0 Å². The smallest absolute Gasteiger partial charge is 0.223 e. The summed E-state index contributed by atoms with van der Waals surface area (Å²) in [6, 6.07) is 8.75. The fourth-order valence-corrected chi connectivity index (χ4v) is 3.39. The van der Waals surface area contributed by atoms with E-state index in [0.717, 1.165) is 31.4 Å². The van der Waals surface area contributed by atoms with Gasteiger partial charge >= 0.3 is 0 Å². The fourth-order valence-electron chi connectivity index (χ4n) is 3.39. The molecule has 3 rings (SSSR count). The maximum absolute atomic E-state index is 12.7. The lowest BCUT2D eigenvalue weighted by Gasteiger charge is -2.37. The molecule has 0 N–H and O–H groups in total. The molecule has 2 aromatic rings. The van der Waals surface area contributed by atoms with Crippen LogP contribution in [0.3, 0.4) is 0 Å². The first-order chi connectivity index (χ1) is 10.7. The summed E-state index contributed by atoms with van der Waals surface area (Å²) in [5, 5.41) is 4.16. The highest BCUT2D eigenvalue weighted by atomic mass is 16.2. The number of benzene rings is 1. The molecule has 0 fully saturated rings. The summed E-state index contributed by atoms with van der Waals surface area (Å²) in [6.45, 7) is 3.00. The summed E-state index contributed by atoms with van der Waals surface area (Å²) in [5.74, 6) is 0.255. The Balaban J connectivity index is 1.70. The molecule has 4 nitrogen and oxygen atoms in total. The molecule has 0 saturated heterocycles. The van der Waals surface area contributed by atoms with Gasteiger partial charge in [0, 0.05) is 26.2 Å². The summed E-state index contributed by atoms with van der Waals surface area (Å²) < 4.78 is 1.78. The van der Waals surface area contributed by atoms with Crippen LogP contribution in [0.15, 0.2) is 36.7 Å². The highest BCUT2D eigenvalue weighted by Gasteiger charge is 2.28. The van der Waals surface area contributed by atoms with Gasteiger partial charge in [-0.15, -0.1) is 0 Å². The minimum absolute atomic E-state index is 0.228. The van der Waals surface area contributed by atoms with Gasteiger partial charge in [0.1, 0.15) is 0 Å². The van der Waals surface area contributed by atoms with E-state index in [1.54, 1.807) is 4.68 Å². The Bertz CT molecular complexity index is 662. The van der Waals surface area contributed by atoms with Gasteiger partial charge in [0.15, 0.2) is 0 Å². The number of hydrogen-bond donors (Lipinski definition) is 0. The molecule has 1 amide bonds. The second kappa shape index (κ2) is 6.34. The van der Waals surface area contributed by atoms with Crippen molar-refractivity contribution in [3.8, 4) is 0 Å². The van der Waals surface area contributed by atoms with Crippen LogP contribution in [0.25, 0.3) is 0 Å². The zero-order valence-electron chi connectivity index (χ0n) is 13.3. The molecule has 0 radical (unpaired) electrons. The molecular formula is C18H23N3O. The molecule has 0 aliphatic carbocycles. The van der Waals surface area contributed by atoms with Gasteiger partial charge in [0.2, 0.25) is 5.91 Å². The molecule has 1 aromatic carbocycles. The molecule has 4 heteroatoms. The highest BCUT2D eigenvalue weighted by Crippen LogP contribution is 2.32. The van der Waals surface area contributed by atoms with Crippen LogP contribution in [0.2, 0.25) is 0 Å². The number of aryl methyl sites for hydroxylation is 2. The lowest BCUT2D eigenvalue weighted by molar-refractivity contribution is -0.134. The maximum atomic E-state index is 12.7. The van der Waals surface area contributed by atoms with Gasteiger partial charge in [-0.1, -0.05) is 31.2 Å². The second-order valence-corrected chi connectivity index (χ2v) is 5.98. The van der Waals surface area contributed by atoms with E-state index in [-0.39, 0.29) is 11.9 Å². The molecule has 0 saturated carbocycles. The Morgan fingerprint density at radius 3 is 2.91 bits per heavy atom. The predicted octanol–water partition coefficient (Wildman–Crippen LogP) is 2.89. The van der Waals surface area contributed by atoms with Gasteiger partial charge < -0.3 is 4.90 Å². The van der Waals surface area contributed by atoms with Crippen LogP contribution in [0.4, 0.5) is 0 Å². The quantitative estimate of drug-likeness (QED) is 0.870. The lowest BCUT2D eigenvalue weighted by atomic mass is 9.91. The Morgan fingerprint density at radius 1 is 1.36 bits per heavy atom. The molecule has 2 heterocycles. The molecule has 0 unspecified atom stereocenters. The number of amides is 1. The molecule has 1 aromatic heterocycles. The van der Waals surface area contributed by atoms with Gasteiger partial charge in [0.05, 0.1) is 12.2 Å². The van der Waals surface area contributed by atoms with Crippen LogP contribution in [0.1, 0.15) is 42.5 Å². The summed E-state index contributed by atoms with van der Waals surface area (Å²) in [5.41, 5.74) is 3.85. The Labute approximate surface area is 131 Å². The zero-order valence-corrected chi connectivity index (χ0v) is 13.3. The number of fused-ring (bicyclic) bond motifs is 1. The highest BCUT2D eigenvalue weighted by molar-refractivity contribution is 5.77. The minimum atomic E-state index is 0.228. The summed E-state index contributed by atoms with van der Waals surface area (Å²) in [6.07, 6.45) is 7.08. The van der Waals surface area contributed by atoms with Crippen molar-refractivity contribution in [2.75, 3.05) is 6.54 Å². The molecule has 116 valence electrons. The lowest BCUT2D eigenvalue weighted by Crippen LogP contribution is -2.39. The molecule has 0 bridgehead atoms. The largest absolute Gasteiger partial charge is 0.335 e. The van der Waals surface area contributed by atoms with E-state index in [1.165, 1.54) is 11.1 Å². The van der Waals surface area contributed by atoms with Crippen LogP contribution in [0, 0.1) is 0 Å². The van der Waals surface area contributed by atoms with Crippen molar-refractivity contribution in [1.82, 2.24) is 14.7 Å². The number of carbonyl (C=O) groups excluding carboxylic acids is 1. The third kappa shape index (κ3) is 2.91. The maximum Gasteiger partial charge on any atom is 0.223 e. The molecule has 1 aliphatic heterocycles. The molecule has 1 atom stereocenters. The monoisotopic (exact) mass is 297 g/mol. The standard InChI is InChI=1S/C18H23N3O/c1-3-17-16-7-5-4-6-15(16)10-11-21(17)18(22)9-8-14-12-19-20(2)13-14/h4-7,12-13,17H,3,8-11H2,1-2H3/t17-/m0/s1. The fraction of sp³-hybridized carbons (Fsp3) is 0.444. The average molecular weight is 297 g/mol. The zero-order chi connectivity index (χ0) is 15.5. The van der Waals surface area contributed by atoms with E-state index in [4.69, 9.17) is 0 Å². The molecular weight excluding hydrogens is 274 g/mol. The van der Waals surface area contributed by atoms with Gasteiger partial charge in [-0.25, -0.2) is 0 Å². The van der Waals surface area contributed by atoms with Crippen molar-refractivity contribution in [2.24, 2.45) is 7.05 Å². The summed E-state index contributed by atoms with van der Waals surface area (Å²) in [7, 11) is 1.90. The van der Waals surface area contributed by atoms with E-state index in [0.29, 0.717) is 6.42 Å². The van der Waals surface area contributed by atoms with Crippen molar-refractivity contribution in [3.05, 3.63) is 53.3 Å². The van der Waals surface area contributed by atoms with Crippen molar-refractivity contribution in [1.29, 1.82) is 0 Å². The third-order valence-corrected chi connectivity index (χ3v) is 4.51. The number of aromatic nitrogens is 2. The normalized spacial score (nSPS) is 17.4. The first kappa shape index (κ1) is 14.8. The van der Waals surface area contributed by atoms with E-state index in [9.17, 15) is 4.79 Å². The number of hydrogen-bond acceptors (Lipinski definition) is 2. The Hall–Kier alpha value is -2.10. The first-order valence-corrected chi connectivity index (χ1v) is 8.04. The first-order valence-electron chi connectivity index (χ1n) is 8.04. The topological polar surface area (TPSA) is 38.1 Å². The van der Waals surface area contributed by atoms with Crippen LogP contribution in [0.5, 0.6) is 0 Å². The summed E-state index contributed by atoms with van der Waals surface area (Å²) in [4.78, 5) is 14.7. The van der Waals surface area contributed by atoms with Gasteiger partial charge in [-0.3, -0.25) is 9.48 Å². The second-order valence-electron chi connectivity index (χ2n) is 5.98. The SMILES string of the molecule is CC[C@H]1c2ccccc2CCN1C(=O)CCc1cnn(C)c1. The molecule has 0 spiro atoms. The van der Waals surface area contributed by atoms with E-state index < -0.39 is 0 Å². The Kier molecular flexibility index (Phi) is 4.27. The number of carbonyl (C=O) groups is 1. The predicted molar refractivity (Wildman–Crippen MR) is 86.4 cm³/mol. The van der Waals surface area contributed by atoms with Crippen molar-refractivity contribution in [3.63, 3.8) is 0 Å². The van der Waals surface area contributed by atoms with Crippen LogP contribution < -0.4 is 0 Å². The van der Waals surface area contributed by atoms with Gasteiger partial charge in [-0.2, -0.15) is 5.10 Å². The summed E-state index contributed by atoms with van der Waals surface area (Å²) >= 11 is 0. The van der Waals surface area contributed by atoms with Crippen molar-refractivity contribution < 1.29 is 4.79 Å². The number of nitrogens with zero attached hydrogens (tertiary/aromatic N) is 3. The van der Waals surface area contributed by atoms with Crippen LogP contribution in [-0.4, -0.2) is 27.1 Å². The van der Waals surface area contributed by atoms with Crippen molar-refractivity contribution in [2.45, 2.75) is 38.6 Å². The molecule has 1 aliphatic rings. The van der Waals surface area contributed by atoms with E-state index in [2.05, 4.69) is 41.2 Å². The van der Waals surface area contributed by atoms with E-state index in [1.807, 2.05) is 19.4 Å². The van der Waals surface area contributed by atoms with Crippen LogP contribution >= 0.6 is 0 Å². The van der Waals surface area contributed by atoms with Gasteiger partial charge in [-0.05, 0) is 36.0 Å². The average Bonchev–Trinajstić information content (AvgIpc) is 2.97. The number of rotatable bonds is 4. The third-order valence-electron chi connectivity index (χ3n) is 4.51. The Morgan fingerprint density at radius 2 is 2.18 bits per heavy atom. The van der Waals surface area contributed by atoms with Crippen LogP contribution in [-0.2, 0) is 24.7 Å². The van der Waals surface area contributed by atoms with Gasteiger partial charge in [0.25, 0.3) is 0 Å². The van der Waals surface area contributed by atoms with Crippen molar-refractivity contribution >= 4 is 5.91 Å². The minimum Gasteiger partial charge on any atom is -0.335 e. The molecule has 22 heavy (non-hydrogen) atoms.